The largest absolute Gasteiger partial charge is 0.341 e. The van der Waals surface area contributed by atoms with Crippen LogP contribution in [0.1, 0.15) is 24.8 Å². The minimum Gasteiger partial charge on any atom is -0.341 e. The molecule has 1 aromatic rings. The van der Waals surface area contributed by atoms with Crippen LogP contribution in [0.25, 0.3) is 0 Å². The highest BCUT2D eigenvalue weighted by molar-refractivity contribution is 9.10. The standard InChI is InChI=1S/C15H18BrFN2O.ClH/c16-13-7-10(1-4-14(13)17)8-15(20)19-6-5-11-2-3-12(9-19)18-11;/h1,4,7,11-12,18H,2-3,5-6,8-9H2;1H. The first-order valence-corrected chi connectivity index (χ1v) is 7.89. The zero-order valence-electron chi connectivity index (χ0n) is 11.6. The molecule has 0 radical (unpaired) electrons. The maximum Gasteiger partial charge on any atom is 0.227 e. The van der Waals surface area contributed by atoms with Gasteiger partial charge in [0.15, 0.2) is 0 Å². The summed E-state index contributed by atoms with van der Waals surface area (Å²) in [6, 6.07) is 5.80. The Hall–Kier alpha value is -0.650. The fourth-order valence-electron chi connectivity index (χ4n) is 3.11. The molecular weight excluding hydrogens is 359 g/mol. The Labute approximate surface area is 138 Å². The van der Waals surface area contributed by atoms with E-state index in [4.69, 9.17) is 0 Å². The zero-order valence-corrected chi connectivity index (χ0v) is 14.1. The van der Waals surface area contributed by atoms with E-state index in [-0.39, 0.29) is 24.1 Å². The topological polar surface area (TPSA) is 32.3 Å². The summed E-state index contributed by atoms with van der Waals surface area (Å²) >= 11 is 3.16. The Balaban J connectivity index is 0.00000161. The third-order valence-electron chi connectivity index (χ3n) is 4.22. The fraction of sp³-hybridized carbons (Fsp3) is 0.533. The number of rotatable bonds is 2. The van der Waals surface area contributed by atoms with E-state index in [2.05, 4.69) is 21.2 Å². The van der Waals surface area contributed by atoms with E-state index >= 15 is 0 Å². The van der Waals surface area contributed by atoms with E-state index in [0.29, 0.717) is 23.0 Å². The third kappa shape index (κ3) is 3.96. The molecule has 1 aromatic carbocycles. The van der Waals surface area contributed by atoms with E-state index in [9.17, 15) is 9.18 Å². The number of likely N-dealkylation sites (tertiary alicyclic amines) is 1. The molecule has 116 valence electrons. The minimum atomic E-state index is -0.294. The summed E-state index contributed by atoms with van der Waals surface area (Å²) in [5.41, 5.74) is 0.852. The smallest absolute Gasteiger partial charge is 0.227 e. The number of carbonyl (C=O) groups is 1. The van der Waals surface area contributed by atoms with Crippen LogP contribution in [0.15, 0.2) is 22.7 Å². The Bertz CT molecular complexity index is 528. The summed E-state index contributed by atoms with van der Waals surface area (Å²) in [4.78, 5) is 14.3. The molecule has 0 aromatic heterocycles. The lowest BCUT2D eigenvalue weighted by atomic mass is 10.1. The molecule has 1 N–H and O–H groups in total. The SMILES string of the molecule is Cl.O=C(Cc1ccc(F)c(Br)c1)N1CCC2CCC(C1)N2. The fourth-order valence-corrected chi connectivity index (χ4v) is 3.53. The summed E-state index contributed by atoms with van der Waals surface area (Å²) in [5.74, 6) is -0.157. The summed E-state index contributed by atoms with van der Waals surface area (Å²) in [7, 11) is 0. The van der Waals surface area contributed by atoms with Crippen molar-refractivity contribution in [3.05, 3.63) is 34.1 Å². The van der Waals surface area contributed by atoms with Gasteiger partial charge in [-0.3, -0.25) is 4.79 Å². The molecule has 2 aliphatic heterocycles. The number of fused-ring (bicyclic) bond motifs is 2. The molecule has 3 rings (SSSR count). The van der Waals surface area contributed by atoms with Crippen molar-refractivity contribution in [2.45, 2.75) is 37.8 Å². The van der Waals surface area contributed by atoms with Crippen molar-refractivity contribution < 1.29 is 9.18 Å². The summed E-state index contributed by atoms with van der Waals surface area (Å²) in [6.07, 6.45) is 3.78. The zero-order chi connectivity index (χ0) is 14.1. The van der Waals surface area contributed by atoms with Crippen molar-refractivity contribution in [2.24, 2.45) is 0 Å². The lowest BCUT2D eigenvalue weighted by Crippen LogP contribution is -2.39. The summed E-state index contributed by atoms with van der Waals surface area (Å²) < 4.78 is 13.6. The van der Waals surface area contributed by atoms with Gasteiger partial charge in [-0.2, -0.15) is 0 Å². The van der Waals surface area contributed by atoms with E-state index in [1.807, 2.05) is 4.90 Å². The van der Waals surface area contributed by atoms with Gasteiger partial charge in [0.1, 0.15) is 5.82 Å². The molecule has 1 amide bonds. The van der Waals surface area contributed by atoms with Gasteiger partial charge in [0.25, 0.3) is 0 Å². The summed E-state index contributed by atoms with van der Waals surface area (Å²) in [5, 5.41) is 3.57. The number of benzene rings is 1. The van der Waals surface area contributed by atoms with Crippen LogP contribution in [0.5, 0.6) is 0 Å². The van der Waals surface area contributed by atoms with Crippen molar-refractivity contribution in [2.75, 3.05) is 13.1 Å². The molecule has 3 nitrogen and oxygen atoms in total. The molecule has 2 aliphatic rings. The average molecular weight is 378 g/mol. The minimum absolute atomic E-state index is 0. The maximum absolute atomic E-state index is 13.2. The van der Waals surface area contributed by atoms with E-state index in [1.54, 1.807) is 12.1 Å². The second-order valence-corrected chi connectivity index (χ2v) is 6.55. The van der Waals surface area contributed by atoms with Gasteiger partial charge in [-0.1, -0.05) is 6.07 Å². The highest BCUT2D eigenvalue weighted by Crippen LogP contribution is 2.22. The predicted molar refractivity (Wildman–Crippen MR) is 86.2 cm³/mol. The van der Waals surface area contributed by atoms with Crippen molar-refractivity contribution in [1.29, 1.82) is 0 Å². The second kappa shape index (κ2) is 7.07. The highest BCUT2D eigenvalue weighted by atomic mass is 79.9. The van der Waals surface area contributed by atoms with Crippen LogP contribution in [-0.2, 0) is 11.2 Å². The molecule has 2 heterocycles. The monoisotopic (exact) mass is 376 g/mol. The van der Waals surface area contributed by atoms with Crippen LogP contribution >= 0.6 is 28.3 Å². The van der Waals surface area contributed by atoms with Gasteiger partial charge in [0, 0.05) is 25.2 Å². The molecule has 6 heteroatoms. The molecule has 2 saturated heterocycles. The number of nitrogens with one attached hydrogen (secondary N) is 1. The van der Waals surface area contributed by atoms with E-state index in [0.717, 1.165) is 31.5 Å². The Kier molecular flexibility index (Phi) is 5.63. The van der Waals surface area contributed by atoms with E-state index in [1.165, 1.54) is 12.5 Å². The van der Waals surface area contributed by atoms with Crippen LogP contribution in [0.2, 0.25) is 0 Å². The van der Waals surface area contributed by atoms with Crippen LogP contribution in [0.3, 0.4) is 0 Å². The van der Waals surface area contributed by atoms with Crippen LogP contribution in [0, 0.1) is 5.82 Å². The number of amides is 1. The van der Waals surface area contributed by atoms with Crippen molar-refractivity contribution in [3.8, 4) is 0 Å². The lowest BCUT2D eigenvalue weighted by molar-refractivity contribution is -0.130. The first-order valence-electron chi connectivity index (χ1n) is 7.09. The first-order chi connectivity index (χ1) is 9.61. The lowest BCUT2D eigenvalue weighted by Gasteiger charge is -2.24. The van der Waals surface area contributed by atoms with Crippen LogP contribution < -0.4 is 5.32 Å². The number of halogens is 3. The van der Waals surface area contributed by atoms with Gasteiger partial charge in [-0.15, -0.1) is 12.4 Å². The molecule has 21 heavy (non-hydrogen) atoms. The predicted octanol–water partition coefficient (Wildman–Crippen LogP) is 2.91. The number of hydrogen-bond acceptors (Lipinski definition) is 2. The van der Waals surface area contributed by atoms with Gasteiger partial charge < -0.3 is 10.2 Å². The van der Waals surface area contributed by atoms with Crippen LogP contribution in [-0.4, -0.2) is 36.0 Å². The Morgan fingerprint density at radius 1 is 1.33 bits per heavy atom. The van der Waals surface area contributed by atoms with E-state index < -0.39 is 0 Å². The quantitative estimate of drug-likeness (QED) is 0.859. The van der Waals surface area contributed by atoms with Gasteiger partial charge in [-0.25, -0.2) is 4.39 Å². The normalized spacial score (nSPS) is 24.4. The molecule has 2 atom stereocenters. The molecular formula is C15H19BrClFN2O. The Morgan fingerprint density at radius 3 is 2.86 bits per heavy atom. The first kappa shape index (κ1) is 16.7. The number of hydrogen-bond donors (Lipinski definition) is 1. The molecule has 0 spiro atoms. The molecule has 2 fully saturated rings. The van der Waals surface area contributed by atoms with Crippen molar-refractivity contribution in [1.82, 2.24) is 10.2 Å². The molecule has 0 aliphatic carbocycles. The van der Waals surface area contributed by atoms with Gasteiger partial charge in [0.2, 0.25) is 5.91 Å². The highest BCUT2D eigenvalue weighted by Gasteiger charge is 2.30. The molecule has 2 unspecified atom stereocenters. The molecule has 2 bridgehead atoms. The maximum atomic E-state index is 13.2. The van der Waals surface area contributed by atoms with Crippen LogP contribution in [0.4, 0.5) is 4.39 Å². The molecule has 0 saturated carbocycles. The van der Waals surface area contributed by atoms with Gasteiger partial charge in [0.05, 0.1) is 10.9 Å². The number of carbonyl (C=O) groups excluding carboxylic acids is 1. The average Bonchev–Trinajstić information content (AvgIpc) is 2.73. The van der Waals surface area contributed by atoms with Crippen molar-refractivity contribution >= 4 is 34.2 Å². The number of nitrogens with zero attached hydrogens (tertiary/aromatic N) is 1. The third-order valence-corrected chi connectivity index (χ3v) is 4.82. The van der Waals surface area contributed by atoms with Gasteiger partial charge in [-0.05, 0) is 52.9 Å². The van der Waals surface area contributed by atoms with Crippen molar-refractivity contribution in [3.63, 3.8) is 0 Å². The summed E-state index contributed by atoms with van der Waals surface area (Å²) in [6.45, 7) is 1.63. The Morgan fingerprint density at radius 2 is 2.10 bits per heavy atom. The van der Waals surface area contributed by atoms with Gasteiger partial charge >= 0.3 is 0 Å². The second-order valence-electron chi connectivity index (χ2n) is 5.69.